The Bertz CT molecular complexity index is 429. The van der Waals surface area contributed by atoms with Gasteiger partial charge in [0.25, 0.3) is 0 Å². The summed E-state index contributed by atoms with van der Waals surface area (Å²) in [6, 6.07) is 3.13. The Balaban J connectivity index is 2.05. The van der Waals surface area contributed by atoms with Gasteiger partial charge in [0.15, 0.2) is 0 Å². The lowest BCUT2D eigenvalue weighted by atomic mass is 9.93. The minimum atomic E-state index is -0.869. The van der Waals surface area contributed by atoms with E-state index < -0.39 is 6.09 Å². The molecule has 0 bridgehead atoms. The molecule has 0 radical (unpaired) electrons. The van der Waals surface area contributed by atoms with Crippen molar-refractivity contribution in [3.8, 4) is 0 Å². The molecule has 0 aromatic carbocycles. The zero-order valence-electron chi connectivity index (χ0n) is 9.69. The number of aromatic nitrogens is 1. The van der Waals surface area contributed by atoms with Gasteiger partial charge in [-0.25, -0.2) is 9.18 Å². The second kappa shape index (κ2) is 4.69. The first-order valence-electron chi connectivity index (χ1n) is 5.69. The maximum atomic E-state index is 13.1. The maximum Gasteiger partial charge on any atom is 0.407 e. The van der Waals surface area contributed by atoms with E-state index in [0.29, 0.717) is 18.8 Å². The number of carbonyl (C=O) groups is 1. The summed E-state index contributed by atoms with van der Waals surface area (Å²) < 4.78 is 13.1. The van der Waals surface area contributed by atoms with Crippen molar-refractivity contribution in [1.29, 1.82) is 0 Å². The maximum absolute atomic E-state index is 13.1. The first-order valence-corrected chi connectivity index (χ1v) is 5.69. The Kier molecular flexibility index (Phi) is 3.26. The molecule has 1 aromatic heterocycles. The van der Waals surface area contributed by atoms with Gasteiger partial charge in [-0.3, -0.25) is 4.98 Å². The smallest absolute Gasteiger partial charge is 0.407 e. The molecule has 1 aliphatic heterocycles. The summed E-state index contributed by atoms with van der Waals surface area (Å²) in [5.41, 5.74) is 1.28. The first kappa shape index (κ1) is 11.8. The van der Waals surface area contributed by atoms with E-state index in [0.717, 1.165) is 18.5 Å². The fourth-order valence-electron chi connectivity index (χ4n) is 2.16. The summed E-state index contributed by atoms with van der Waals surface area (Å²) in [6.45, 7) is 2.70. The third-order valence-corrected chi connectivity index (χ3v) is 3.23. The van der Waals surface area contributed by atoms with Gasteiger partial charge in [-0.05, 0) is 31.9 Å². The number of rotatable bonds is 1. The number of amides is 1. The summed E-state index contributed by atoms with van der Waals surface area (Å²) in [7, 11) is 0. The second-order valence-corrected chi connectivity index (χ2v) is 4.35. The highest BCUT2D eigenvalue weighted by Gasteiger charge is 2.24. The molecule has 5 heteroatoms. The molecule has 0 aliphatic carbocycles. The van der Waals surface area contributed by atoms with Crippen LogP contribution in [0.1, 0.15) is 30.1 Å². The van der Waals surface area contributed by atoms with Crippen LogP contribution in [0, 0.1) is 12.7 Å². The number of nitrogens with zero attached hydrogens (tertiary/aromatic N) is 2. The summed E-state index contributed by atoms with van der Waals surface area (Å²) in [5.74, 6) is -0.0541. The SMILES string of the molecule is Cc1nc(C2CCN(C(=O)O)CC2)ccc1F. The Morgan fingerprint density at radius 3 is 2.65 bits per heavy atom. The van der Waals surface area contributed by atoms with Crippen LogP contribution >= 0.6 is 0 Å². The van der Waals surface area contributed by atoms with Gasteiger partial charge in [-0.2, -0.15) is 0 Å². The molecule has 1 fully saturated rings. The number of piperidine rings is 1. The largest absolute Gasteiger partial charge is 0.465 e. The highest BCUT2D eigenvalue weighted by atomic mass is 19.1. The minimum Gasteiger partial charge on any atom is -0.465 e. The number of carboxylic acid groups (broad SMARTS) is 1. The normalized spacial score (nSPS) is 17.2. The highest BCUT2D eigenvalue weighted by molar-refractivity contribution is 5.65. The third kappa shape index (κ3) is 2.54. The van der Waals surface area contributed by atoms with Crippen LogP contribution in [0.25, 0.3) is 0 Å². The Morgan fingerprint density at radius 1 is 1.47 bits per heavy atom. The van der Waals surface area contributed by atoms with Crippen LogP contribution in [0.15, 0.2) is 12.1 Å². The molecule has 92 valence electrons. The zero-order valence-corrected chi connectivity index (χ0v) is 9.69. The van der Waals surface area contributed by atoms with E-state index in [4.69, 9.17) is 5.11 Å². The summed E-state index contributed by atoms with van der Waals surface area (Å²) in [6.07, 6.45) is 0.640. The van der Waals surface area contributed by atoms with Crippen LogP contribution in [-0.4, -0.2) is 34.2 Å². The van der Waals surface area contributed by atoms with Gasteiger partial charge in [0.1, 0.15) is 5.82 Å². The molecule has 0 atom stereocenters. The van der Waals surface area contributed by atoms with E-state index >= 15 is 0 Å². The topological polar surface area (TPSA) is 53.4 Å². The summed E-state index contributed by atoms with van der Waals surface area (Å²) in [5, 5.41) is 8.84. The highest BCUT2D eigenvalue weighted by Crippen LogP contribution is 2.27. The van der Waals surface area contributed by atoms with E-state index in [-0.39, 0.29) is 11.7 Å². The van der Waals surface area contributed by atoms with E-state index in [1.54, 1.807) is 13.0 Å². The first-order chi connectivity index (χ1) is 8.08. The van der Waals surface area contributed by atoms with Crippen molar-refractivity contribution in [2.45, 2.75) is 25.7 Å². The fraction of sp³-hybridized carbons (Fsp3) is 0.500. The fourth-order valence-corrected chi connectivity index (χ4v) is 2.16. The van der Waals surface area contributed by atoms with Crippen molar-refractivity contribution in [1.82, 2.24) is 9.88 Å². The lowest BCUT2D eigenvalue weighted by Crippen LogP contribution is -2.37. The number of halogens is 1. The second-order valence-electron chi connectivity index (χ2n) is 4.35. The van der Waals surface area contributed by atoms with Gasteiger partial charge in [0, 0.05) is 24.7 Å². The molecule has 1 saturated heterocycles. The van der Waals surface area contributed by atoms with Gasteiger partial charge in [0.2, 0.25) is 0 Å². The molecule has 1 aliphatic rings. The van der Waals surface area contributed by atoms with E-state index in [9.17, 15) is 9.18 Å². The van der Waals surface area contributed by atoms with Crippen molar-refractivity contribution in [2.75, 3.05) is 13.1 Å². The molecule has 1 aromatic rings. The predicted molar refractivity (Wildman–Crippen MR) is 60.5 cm³/mol. The minimum absolute atomic E-state index is 0.241. The Labute approximate surface area is 99.1 Å². The summed E-state index contributed by atoms with van der Waals surface area (Å²) >= 11 is 0. The molecular weight excluding hydrogens is 223 g/mol. The van der Waals surface area contributed by atoms with E-state index in [1.165, 1.54) is 11.0 Å². The Hall–Kier alpha value is -1.65. The van der Waals surface area contributed by atoms with Gasteiger partial charge in [-0.1, -0.05) is 0 Å². The van der Waals surface area contributed by atoms with Crippen LogP contribution in [0.2, 0.25) is 0 Å². The van der Waals surface area contributed by atoms with Crippen molar-refractivity contribution in [3.05, 3.63) is 29.3 Å². The molecule has 0 unspecified atom stereocenters. The number of pyridine rings is 1. The quantitative estimate of drug-likeness (QED) is 0.817. The Morgan fingerprint density at radius 2 is 2.12 bits per heavy atom. The van der Waals surface area contributed by atoms with Gasteiger partial charge >= 0.3 is 6.09 Å². The molecule has 1 amide bonds. The molecule has 0 saturated carbocycles. The molecule has 2 rings (SSSR count). The molecule has 0 spiro atoms. The molecule has 2 heterocycles. The van der Waals surface area contributed by atoms with Crippen LogP contribution in [0.5, 0.6) is 0 Å². The van der Waals surface area contributed by atoms with Crippen molar-refractivity contribution < 1.29 is 14.3 Å². The van der Waals surface area contributed by atoms with Crippen molar-refractivity contribution in [2.24, 2.45) is 0 Å². The molecule has 4 nitrogen and oxygen atoms in total. The van der Waals surface area contributed by atoms with Crippen LogP contribution < -0.4 is 0 Å². The molecule has 1 N–H and O–H groups in total. The van der Waals surface area contributed by atoms with Gasteiger partial charge in [0.05, 0.1) is 5.69 Å². The van der Waals surface area contributed by atoms with Crippen LogP contribution in [0.3, 0.4) is 0 Å². The average molecular weight is 238 g/mol. The number of hydrogen-bond donors (Lipinski definition) is 1. The number of aryl methyl sites for hydroxylation is 1. The zero-order chi connectivity index (χ0) is 12.4. The average Bonchev–Trinajstić information content (AvgIpc) is 2.33. The van der Waals surface area contributed by atoms with E-state index in [2.05, 4.69) is 4.98 Å². The predicted octanol–water partition coefficient (Wildman–Crippen LogP) is 2.39. The molecular formula is C12H15FN2O2. The van der Waals surface area contributed by atoms with Gasteiger partial charge < -0.3 is 10.0 Å². The number of likely N-dealkylation sites (tertiary alicyclic amines) is 1. The standard InChI is InChI=1S/C12H15FN2O2/c1-8-10(13)2-3-11(14-8)9-4-6-15(7-5-9)12(16)17/h2-3,9H,4-7H2,1H3,(H,16,17). The lowest BCUT2D eigenvalue weighted by Gasteiger charge is -2.29. The van der Waals surface area contributed by atoms with Crippen molar-refractivity contribution in [3.63, 3.8) is 0 Å². The number of hydrogen-bond acceptors (Lipinski definition) is 2. The van der Waals surface area contributed by atoms with Crippen molar-refractivity contribution >= 4 is 6.09 Å². The lowest BCUT2D eigenvalue weighted by molar-refractivity contribution is 0.131. The summed E-state index contributed by atoms with van der Waals surface area (Å²) in [4.78, 5) is 16.4. The monoisotopic (exact) mass is 238 g/mol. The van der Waals surface area contributed by atoms with E-state index in [1.807, 2.05) is 0 Å². The van der Waals surface area contributed by atoms with Gasteiger partial charge in [-0.15, -0.1) is 0 Å². The van der Waals surface area contributed by atoms with Crippen LogP contribution in [-0.2, 0) is 0 Å². The van der Waals surface area contributed by atoms with Crippen LogP contribution in [0.4, 0.5) is 9.18 Å². The molecule has 17 heavy (non-hydrogen) atoms. The third-order valence-electron chi connectivity index (χ3n) is 3.23.